The maximum Gasteiger partial charge on any atom is 0.355 e. The zero-order valence-corrected chi connectivity index (χ0v) is 22.0. The van der Waals surface area contributed by atoms with Crippen LogP contribution in [0.25, 0.3) is 0 Å². The Morgan fingerprint density at radius 1 is 0.946 bits per heavy atom. The van der Waals surface area contributed by atoms with Gasteiger partial charge in [0, 0.05) is 30.9 Å². The summed E-state index contributed by atoms with van der Waals surface area (Å²) in [4.78, 5) is 42.6. The van der Waals surface area contributed by atoms with Crippen LogP contribution >= 0.6 is 0 Å². The minimum absolute atomic E-state index is 0.181. The molecule has 11 heteroatoms. The van der Waals surface area contributed by atoms with Crippen molar-refractivity contribution in [2.75, 3.05) is 62.9 Å². The third-order valence-corrected chi connectivity index (χ3v) is 5.74. The Kier molecular flexibility index (Phi) is 9.78. The zero-order valence-electron chi connectivity index (χ0n) is 22.0. The summed E-state index contributed by atoms with van der Waals surface area (Å²) in [5.74, 6) is -0.755. The second kappa shape index (κ2) is 13.0. The van der Waals surface area contributed by atoms with E-state index in [9.17, 15) is 14.4 Å². The quantitative estimate of drug-likeness (QED) is 0.432. The van der Waals surface area contributed by atoms with Crippen LogP contribution in [0.15, 0.2) is 12.1 Å². The molecule has 1 fully saturated rings. The Morgan fingerprint density at radius 2 is 1.62 bits per heavy atom. The van der Waals surface area contributed by atoms with E-state index in [1.165, 1.54) is 0 Å². The summed E-state index contributed by atoms with van der Waals surface area (Å²) in [7, 11) is 0. The van der Waals surface area contributed by atoms with Crippen LogP contribution < -0.4 is 19.7 Å². The predicted octanol–water partition coefficient (Wildman–Crippen LogP) is 3.24. The molecule has 0 spiro atoms. The number of carbonyl (C=O) groups excluding carboxylic acids is 3. The molecule has 37 heavy (non-hydrogen) atoms. The number of ether oxygens (including phenoxy) is 5. The molecule has 0 atom stereocenters. The number of rotatable bonds is 11. The molecule has 0 aliphatic carbocycles. The number of H-pyrrole nitrogens is 1. The number of anilines is 2. The summed E-state index contributed by atoms with van der Waals surface area (Å²) in [6.45, 7) is 11.9. The van der Waals surface area contributed by atoms with Crippen molar-refractivity contribution in [2.24, 2.45) is 0 Å². The maximum atomic E-state index is 12.7. The lowest BCUT2D eigenvalue weighted by Gasteiger charge is -2.31. The summed E-state index contributed by atoms with van der Waals surface area (Å²) in [6, 6.07) is 3.55. The molecular weight excluding hydrogens is 482 g/mol. The van der Waals surface area contributed by atoms with Gasteiger partial charge in [0.05, 0.1) is 50.0 Å². The van der Waals surface area contributed by atoms with Gasteiger partial charge < -0.3 is 38.9 Å². The van der Waals surface area contributed by atoms with Crippen LogP contribution in [-0.2, 0) is 19.0 Å². The normalized spacial score (nSPS) is 13.2. The fourth-order valence-corrected chi connectivity index (χ4v) is 4.10. The molecule has 1 aromatic carbocycles. The van der Waals surface area contributed by atoms with Gasteiger partial charge in [-0.1, -0.05) is 0 Å². The van der Waals surface area contributed by atoms with Crippen molar-refractivity contribution in [1.82, 2.24) is 4.98 Å². The molecule has 1 amide bonds. The lowest BCUT2D eigenvalue weighted by molar-refractivity contribution is -0.119. The Bertz CT molecular complexity index is 1120. The molecule has 2 aromatic rings. The second-order valence-electron chi connectivity index (χ2n) is 8.25. The summed E-state index contributed by atoms with van der Waals surface area (Å²) >= 11 is 0. The number of hydrogen-bond donors (Lipinski definition) is 2. The molecule has 0 unspecified atom stereocenters. The van der Waals surface area contributed by atoms with Gasteiger partial charge in [-0.05, 0) is 40.2 Å². The van der Waals surface area contributed by atoms with Crippen LogP contribution in [0.2, 0.25) is 0 Å². The molecule has 1 saturated heterocycles. The van der Waals surface area contributed by atoms with Crippen molar-refractivity contribution < 1.29 is 38.1 Å². The van der Waals surface area contributed by atoms with E-state index in [1.807, 2.05) is 19.9 Å². The van der Waals surface area contributed by atoms with Gasteiger partial charge in [-0.25, -0.2) is 9.59 Å². The number of aromatic amines is 1. The first-order valence-electron chi connectivity index (χ1n) is 12.4. The first kappa shape index (κ1) is 27.9. The lowest BCUT2D eigenvalue weighted by atomic mass is 10.1. The number of carbonyl (C=O) groups is 3. The van der Waals surface area contributed by atoms with Crippen molar-refractivity contribution in [3.63, 3.8) is 0 Å². The molecule has 2 N–H and O–H groups in total. The summed E-state index contributed by atoms with van der Waals surface area (Å²) in [5, 5.41) is 2.75. The van der Waals surface area contributed by atoms with Gasteiger partial charge in [-0.3, -0.25) is 4.79 Å². The fourth-order valence-electron chi connectivity index (χ4n) is 4.10. The second-order valence-corrected chi connectivity index (χ2v) is 8.25. The van der Waals surface area contributed by atoms with Gasteiger partial charge in [0.1, 0.15) is 17.2 Å². The molecule has 0 saturated carbocycles. The smallest absolute Gasteiger partial charge is 0.355 e. The number of nitrogens with zero attached hydrogens (tertiary/aromatic N) is 1. The number of benzene rings is 1. The highest BCUT2D eigenvalue weighted by molar-refractivity contribution is 6.00. The number of esters is 2. The van der Waals surface area contributed by atoms with Crippen molar-refractivity contribution >= 4 is 29.2 Å². The Balaban J connectivity index is 1.74. The van der Waals surface area contributed by atoms with E-state index < -0.39 is 24.5 Å². The van der Waals surface area contributed by atoms with E-state index >= 15 is 0 Å². The van der Waals surface area contributed by atoms with Gasteiger partial charge in [0.15, 0.2) is 6.61 Å². The molecule has 11 nitrogen and oxygen atoms in total. The first-order valence-corrected chi connectivity index (χ1v) is 12.4. The number of aryl methyl sites for hydroxylation is 1. The highest BCUT2D eigenvalue weighted by Gasteiger charge is 2.25. The molecule has 202 valence electrons. The van der Waals surface area contributed by atoms with Crippen LogP contribution in [-0.4, -0.2) is 75.6 Å². The Labute approximate surface area is 216 Å². The third kappa shape index (κ3) is 6.73. The van der Waals surface area contributed by atoms with Gasteiger partial charge in [-0.15, -0.1) is 0 Å². The highest BCUT2D eigenvalue weighted by atomic mass is 16.5. The number of amides is 1. The fraction of sp³-hybridized carbons (Fsp3) is 0.500. The SMILES string of the molecule is CCOC(=O)c1[nH]c(C)c(C(=O)OCC(=O)Nc2cc(OCC)c(N3CCOCC3)cc2OCC)c1C. The van der Waals surface area contributed by atoms with Crippen LogP contribution in [0, 0.1) is 13.8 Å². The van der Waals surface area contributed by atoms with Crippen LogP contribution in [0.3, 0.4) is 0 Å². The van der Waals surface area contributed by atoms with Crippen molar-refractivity contribution in [3.8, 4) is 11.5 Å². The number of nitrogens with one attached hydrogen (secondary N) is 2. The van der Waals surface area contributed by atoms with E-state index in [0.717, 1.165) is 5.69 Å². The molecule has 1 aliphatic heterocycles. The van der Waals surface area contributed by atoms with E-state index in [0.29, 0.717) is 68.0 Å². The van der Waals surface area contributed by atoms with E-state index in [-0.39, 0.29) is 17.9 Å². The summed E-state index contributed by atoms with van der Waals surface area (Å²) in [5.41, 5.74) is 2.49. The minimum Gasteiger partial charge on any atom is -0.492 e. The van der Waals surface area contributed by atoms with Gasteiger partial charge in [0.25, 0.3) is 5.91 Å². The molecule has 2 heterocycles. The molecule has 0 radical (unpaired) electrons. The van der Waals surface area contributed by atoms with Crippen LogP contribution in [0.5, 0.6) is 11.5 Å². The first-order chi connectivity index (χ1) is 17.8. The summed E-state index contributed by atoms with van der Waals surface area (Å²) in [6.07, 6.45) is 0. The van der Waals surface area contributed by atoms with Crippen molar-refractivity contribution in [3.05, 3.63) is 34.6 Å². The van der Waals surface area contributed by atoms with Gasteiger partial charge in [-0.2, -0.15) is 0 Å². The van der Waals surface area contributed by atoms with Gasteiger partial charge >= 0.3 is 11.9 Å². The standard InChI is InChI=1S/C26H35N3O8/c1-6-34-20-14-19(29-9-11-33-12-10-29)21(35-7-2)13-18(20)28-22(30)15-37-25(31)23-16(4)24(27-17(23)5)26(32)36-8-3/h13-14,27H,6-12,15H2,1-5H3,(H,28,30). The zero-order chi connectivity index (χ0) is 26.9. The van der Waals surface area contributed by atoms with Crippen LogP contribution in [0.1, 0.15) is 52.9 Å². The number of morpholine rings is 1. The average Bonchev–Trinajstić information content (AvgIpc) is 3.18. The molecule has 3 rings (SSSR count). The average molecular weight is 518 g/mol. The lowest BCUT2D eigenvalue weighted by Crippen LogP contribution is -2.36. The molecule has 0 bridgehead atoms. The Hall–Kier alpha value is -3.73. The topological polar surface area (TPSA) is 128 Å². The minimum atomic E-state index is -0.723. The van der Waals surface area contributed by atoms with E-state index in [1.54, 1.807) is 26.8 Å². The highest BCUT2D eigenvalue weighted by Crippen LogP contribution is 2.39. The van der Waals surface area contributed by atoms with Crippen LogP contribution in [0.4, 0.5) is 11.4 Å². The largest absolute Gasteiger partial charge is 0.492 e. The molecule has 1 aliphatic rings. The maximum absolute atomic E-state index is 12.7. The van der Waals surface area contributed by atoms with E-state index in [4.69, 9.17) is 23.7 Å². The summed E-state index contributed by atoms with van der Waals surface area (Å²) < 4.78 is 27.4. The number of aromatic nitrogens is 1. The Morgan fingerprint density at radius 3 is 2.27 bits per heavy atom. The number of hydrogen-bond acceptors (Lipinski definition) is 9. The molecule has 1 aromatic heterocycles. The van der Waals surface area contributed by atoms with E-state index in [2.05, 4.69) is 15.2 Å². The van der Waals surface area contributed by atoms with Crippen molar-refractivity contribution in [2.45, 2.75) is 34.6 Å². The molecular formula is C26H35N3O8. The van der Waals surface area contributed by atoms with Crippen molar-refractivity contribution in [1.29, 1.82) is 0 Å². The predicted molar refractivity (Wildman–Crippen MR) is 137 cm³/mol. The third-order valence-electron chi connectivity index (χ3n) is 5.74. The van der Waals surface area contributed by atoms with Gasteiger partial charge in [0.2, 0.25) is 0 Å². The monoisotopic (exact) mass is 517 g/mol.